The molecular weight excluding hydrogens is 448 g/mol. The largest absolute Gasteiger partial charge is 0.485 e. The molecule has 10 nitrogen and oxygen atoms in total. The molecule has 0 fully saturated rings. The molecule has 2 heterocycles. The van der Waals surface area contributed by atoms with Crippen LogP contribution in [0.5, 0.6) is 17.4 Å². The van der Waals surface area contributed by atoms with Crippen molar-refractivity contribution in [3.63, 3.8) is 0 Å². The Morgan fingerprint density at radius 3 is 2.43 bits per heavy atom. The van der Waals surface area contributed by atoms with Crippen molar-refractivity contribution in [3.05, 3.63) is 99.4 Å². The van der Waals surface area contributed by atoms with Gasteiger partial charge in [0, 0.05) is 24.0 Å². The maximum Gasteiger partial charge on any atom is 0.363 e. The lowest BCUT2D eigenvalue weighted by atomic mass is 10.1. The molecular formula is C25H20N6O4. The Kier molecular flexibility index (Phi) is 6.78. The summed E-state index contributed by atoms with van der Waals surface area (Å²) in [6, 6.07) is 17.4. The van der Waals surface area contributed by atoms with Crippen molar-refractivity contribution in [3.8, 4) is 23.4 Å². The number of anilines is 2. The van der Waals surface area contributed by atoms with E-state index in [1.807, 2.05) is 26.0 Å². The Balaban J connectivity index is 1.43. The number of nitrogens with zero attached hydrogens (tertiary/aromatic N) is 5. The lowest BCUT2D eigenvalue weighted by Crippen LogP contribution is -2.01. The van der Waals surface area contributed by atoms with Crippen LogP contribution < -0.4 is 14.8 Å². The Bertz CT molecular complexity index is 1380. The minimum Gasteiger partial charge on any atom is -0.485 e. The van der Waals surface area contributed by atoms with E-state index in [4.69, 9.17) is 14.7 Å². The maximum atomic E-state index is 10.7. The number of ether oxygens (including phenoxy) is 2. The van der Waals surface area contributed by atoms with Crippen molar-refractivity contribution < 1.29 is 14.4 Å². The zero-order chi connectivity index (χ0) is 24.8. The van der Waals surface area contributed by atoms with Gasteiger partial charge in [0.2, 0.25) is 11.8 Å². The van der Waals surface area contributed by atoms with Crippen LogP contribution in [0.25, 0.3) is 0 Å². The third-order valence-electron chi connectivity index (χ3n) is 4.94. The summed E-state index contributed by atoms with van der Waals surface area (Å²) in [5, 5.41) is 22.7. The van der Waals surface area contributed by atoms with Crippen LogP contribution in [-0.4, -0.2) is 19.9 Å². The van der Waals surface area contributed by atoms with E-state index in [0.717, 1.165) is 22.4 Å². The summed E-state index contributed by atoms with van der Waals surface area (Å²) in [4.78, 5) is 22.6. The molecule has 0 aliphatic heterocycles. The number of hydrogen-bond donors (Lipinski definition) is 1. The number of nitriles is 1. The molecule has 0 spiro atoms. The molecule has 2 aromatic heterocycles. The van der Waals surface area contributed by atoms with Crippen molar-refractivity contribution in [2.75, 3.05) is 5.32 Å². The molecule has 174 valence electrons. The summed E-state index contributed by atoms with van der Waals surface area (Å²) in [6.07, 6.45) is 2.92. The first-order valence-electron chi connectivity index (χ1n) is 10.5. The summed E-state index contributed by atoms with van der Waals surface area (Å²) in [7, 11) is 0. The van der Waals surface area contributed by atoms with E-state index in [1.54, 1.807) is 36.5 Å². The molecule has 0 atom stereocenters. The van der Waals surface area contributed by atoms with Gasteiger partial charge in [-0.05, 0) is 82.9 Å². The SMILES string of the molecule is Cc1cc(COc2ccc([N+](=O)[O-])nc2)cc(C)c1Oc1ccnc(Nc2ccc(C#N)cc2)n1. The first-order valence-corrected chi connectivity index (χ1v) is 10.5. The highest BCUT2D eigenvalue weighted by molar-refractivity contribution is 5.55. The van der Waals surface area contributed by atoms with Crippen LogP contribution in [0.3, 0.4) is 0 Å². The third-order valence-corrected chi connectivity index (χ3v) is 4.94. The Morgan fingerprint density at radius 1 is 1.06 bits per heavy atom. The van der Waals surface area contributed by atoms with E-state index in [0.29, 0.717) is 28.9 Å². The van der Waals surface area contributed by atoms with Crippen molar-refractivity contribution in [1.29, 1.82) is 5.26 Å². The van der Waals surface area contributed by atoms with Gasteiger partial charge in [-0.3, -0.25) is 0 Å². The van der Waals surface area contributed by atoms with E-state index >= 15 is 0 Å². The molecule has 10 heteroatoms. The highest BCUT2D eigenvalue weighted by atomic mass is 16.6. The number of hydrogen-bond acceptors (Lipinski definition) is 9. The van der Waals surface area contributed by atoms with Gasteiger partial charge in [0.25, 0.3) is 0 Å². The first-order chi connectivity index (χ1) is 16.9. The molecule has 35 heavy (non-hydrogen) atoms. The number of aryl methyl sites for hydroxylation is 2. The number of aromatic nitrogens is 3. The normalized spacial score (nSPS) is 10.3. The van der Waals surface area contributed by atoms with Gasteiger partial charge in [-0.1, -0.05) is 0 Å². The molecule has 4 aromatic rings. The summed E-state index contributed by atoms with van der Waals surface area (Å²) < 4.78 is 11.8. The smallest absolute Gasteiger partial charge is 0.363 e. The fourth-order valence-corrected chi connectivity index (χ4v) is 3.34. The molecule has 0 unspecified atom stereocenters. The second kappa shape index (κ2) is 10.3. The molecule has 0 bridgehead atoms. The van der Waals surface area contributed by atoms with Crippen molar-refractivity contribution in [2.24, 2.45) is 0 Å². The maximum absolute atomic E-state index is 10.7. The third kappa shape index (κ3) is 5.85. The van der Waals surface area contributed by atoms with Crippen LogP contribution >= 0.6 is 0 Å². The van der Waals surface area contributed by atoms with Crippen LogP contribution in [0.1, 0.15) is 22.3 Å². The molecule has 0 saturated heterocycles. The highest BCUT2D eigenvalue weighted by Crippen LogP contribution is 2.30. The zero-order valence-electron chi connectivity index (χ0n) is 18.9. The topological polar surface area (TPSA) is 136 Å². The van der Waals surface area contributed by atoms with Gasteiger partial charge in [0.15, 0.2) is 11.9 Å². The first kappa shape index (κ1) is 23.1. The van der Waals surface area contributed by atoms with Gasteiger partial charge in [-0.15, -0.1) is 0 Å². The highest BCUT2D eigenvalue weighted by Gasteiger charge is 2.11. The Morgan fingerprint density at radius 2 is 1.80 bits per heavy atom. The predicted molar refractivity (Wildman–Crippen MR) is 128 cm³/mol. The summed E-state index contributed by atoms with van der Waals surface area (Å²) >= 11 is 0. The molecule has 0 radical (unpaired) electrons. The number of benzene rings is 2. The van der Waals surface area contributed by atoms with Crippen molar-refractivity contribution in [1.82, 2.24) is 15.0 Å². The van der Waals surface area contributed by atoms with E-state index in [2.05, 4.69) is 26.3 Å². The minimum atomic E-state index is -0.557. The average Bonchev–Trinajstić information content (AvgIpc) is 2.86. The molecule has 0 amide bonds. The Hall–Kier alpha value is -5.04. The van der Waals surface area contributed by atoms with E-state index in [1.165, 1.54) is 18.3 Å². The van der Waals surface area contributed by atoms with Gasteiger partial charge < -0.3 is 24.9 Å². The zero-order valence-corrected chi connectivity index (χ0v) is 18.9. The average molecular weight is 468 g/mol. The second-order valence-corrected chi connectivity index (χ2v) is 7.59. The number of pyridine rings is 1. The lowest BCUT2D eigenvalue weighted by Gasteiger charge is -2.14. The van der Waals surface area contributed by atoms with E-state index < -0.39 is 4.92 Å². The minimum absolute atomic E-state index is 0.231. The second-order valence-electron chi connectivity index (χ2n) is 7.59. The fourth-order valence-electron chi connectivity index (χ4n) is 3.34. The summed E-state index contributed by atoms with van der Waals surface area (Å²) in [6.45, 7) is 4.13. The molecule has 0 aliphatic rings. The predicted octanol–water partition coefficient (Wildman–Crippen LogP) is 5.38. The van der Waals surface area contributed by atoms with Crippen LogP contribution in [0, 0.1) is 35.3 Å². The standard InChI is InChI=1S/C25H20N6O4/c1-16-11-19(15-34-21-7-8-22(28-14-21)31(32)33)12-17(2)24(16)35-23-9-10-27-25(30-23)29-20-5-3-18(13-26)4-6-20/h3-12,14H,15H2,1-2H3,(H,27,29,30). The molecule has 4 rings (SSSR count). The van der Waals surface area contributed by atoms with E-state index in [9.17, 15) is 10.1 Å². The van der Waals surface area contributed by atoms with Crippen LogP contribution in [0.15, 0.2) is 67.0 Å². The monoisotopic (exact) mass is 468 g/mol. The lowest BCUT2D eigenvalue weighted by molar-refractivity contribution is -0.389. The number of nitro groups is 1. The van der Waals surface area contributed by atoms with Crippen LogP contribution in [0.2, 0.25) is 0 Å². The van der Waals surface area contributed by atoms with Crippen LogP contribution in [-0.2, 0) is 6.61 Å². The Labute approximate surface area is 201 Å². The molecule has 2 aromatic carbocycles. The molecule has 0 aliphatic carbocycles. The fraction of sp³-hybridized carbons (Fsp3) is 0.120. The van der Waals surface area contributed by atoms with Gasteiger partial charge in [-0.2, -0.15) is 10.2 Å². The van der Waals surface area contributed by atoms with Gasteiger partial charge >= 0.3 is 5.82 Å². The van der Waals surface area contributed by atoms with Crippen molar-refractivity contribution >= 4 is 17.5 Å². The van der Waals surface area contributed by atoms with Crippen LogP contribution in [0.4, 0.5) is 17.5 Å². The number of rotatable bonds is 8. The molecule has 0 saturated carbocycles. The van der Waals surface area contributed by atoms with Gasteiger partial charge in [0.1, 0.15) is 12.4 Å². The van der Waals surface area contributed by atoms with Gasteiger partial charge in [0.05, 0.1) is 11.6 Å². The van der Waals surface area contributed by atoms with E-state index in [-0.39, 0.29) is 12.4 Å². The summed E-state index contributed by atoms with van der Waals surface area (Å²) in [5.41, 5.74) is 4.02. The van der Waals surface area contributed by atoms with Crippen molar-refractivity contribution in [2.45, 2.75) is 20.5 Å². The molecule has 1 N–H and O–H groups in total. The summed E-state index contributed by atoms with van der Waals surface area (Å²) in [5.74, 6) is 1.63. The quantitative estimate of drug-likeness (QED) is 0.267. The number of nitrogens with one attached hydrogen (secondary N) is 1. The van der Waals surface area contributed by atoms with Gasteiger partial charge in [-0.25, -0.2) is 4.98 Å².